The summed E-state index contributed by atoms with van der Waals surface area (Å²) in [5, 5.41) is 15.2. The fourth-order valence-corrected chi connectivity index (χ4v) is 7.11. The van der Waals surface area contributed by atoms with E-state index < -0.39 is 0 Å². The Morgan fingerprint density at radius 2 is 1.62 bits per heavy atom. The Hall–Kier alpha value is -3.99. The number of aryl methyl sites for hydroxylation is 1. The molecule has 2 atom stereocenters. The van der Waals surface area contributed by atoms with Crippen LogP contribution in [0, 0.1) is 24.0 Å². The number of thiocarbonyl (C=S) groups is 1. The molecule has 1 saturated heterocycles. The molecule has 7 nitrogen and oxygen atoms in total. The lowest BCUT2D eigenvalue weighted by Crippen LogP contribution is -2.29. The summed E-state index contributed by atoms with van der Waals surface area (Å²) in [5.41, 5.74) is 6.47. The molecule has 1 fully saturated rings. The lowest BCUT2D eigenvalue weighted by Gasteiger charge is -2.28. The fraction of sp³-hybridized carbons (Fsp3) is 0.125. The highest BCUT2D eigenvalue weighted by molar-refractivity contribution is 9.10. The summed E-state index contributed by atoms with van der Waals surface area (Å²) in [5.74, 6) is 0. The van der Waals surface area contributed by atoms with Crippen LogP contribution in [0.4, 0.5) is 11.4 Å². The van der Waals surface area contributed by atoms with Crippen LogP contribution < -0.4 is 10.2 Å². The molecule has 3 aromatic carbocycles. The normalized spacial score (nSPS) is 16.5. The first-order valence-electron chi connectivity index (χ1n) is 13.3. The van der Waals surface area contributed by atoms with Crippen molar-refractivity contribution in [2.45, 2.75) is 35.7 Å². The number of pyridine rings is 1. The van der Waals surface area contributed by atoms with E-state index in [9.17, 15) is 10.1 Å². The van der Waals surface area contributed by atoms with E-state index in [4.69, 9.17) is 17.2 Å². The standard InChI is InChI=1S/C32H26BrN5O2S2/c1-20-19-26(21(2)36(20)29-9-4-3-7-27(29)33)31-30(28-8-5-6-18-34-28)35-32(41)37(31)22-10-14-24(15-11-22)42-25-16-12-23(13-17-25)38(39)40/h3-19,30-31H,1-2H3,(H,35,41)/t30-,31+/m1/s1. The van der Waals surface area contributed by atoms with Gasteiger partial charge in [-0.3, -0.25) is 15.1 Å². The zero-order valence-electron chi connectivity index (χ0n) is 22.8. The van der Waals surface area contributed by atoms with E-state index in [1.807, 2.05) is 36.5 Å². The lowest BCUT2D eigenvalue weighted by molar-refractivity contribution is -0.384. The Balaban J connectivity index is 1.38. The van der Waals surface area contributed by atoms with E-state index in [1.54, 1.807) is 23.9 Å². The van der Waals surface area contributed by atoms with Crippen molar-refractivity contribution in [1.29, 1.82) is 0 Å². The predicted molar refractivity (Wildman–Crippen MR) is 175 cm³/mol. The molecular weight excluding hydrogens is 630 g/mol. The minimum atomic E-state index is -0.388. The van der Waals surface area contributed by atoms with Crippen LogP contribution in [0.1, 0.15) is 34.7 Å². The van der Waals surface area contributed by atoms with Crippen LogP contribution >= 0.6 is 39.9 Å². The molecule has 1 aliphatic heterocycles. The zero-order valence-corrected chi connectivity index (χ0v) is 26.0. The number of aromatic nitrogens is 2. The maximum Gasteiger partial charge on any atom is 0.269 e. The van der Waals surface area contributed by atoms with Crippen molar-refractivity contribution in [2.24, 2.45) is 0 Å². The Labute approximate surface area is 261 Å². The molecule has 3 heterocycles. The van der Waals surface area contributed by atoms with Crippen LogP contribution in [0.2, 0.25) is 0 Å². The lowest BCUT2D eigenvalue weighted by atomic mass is 9.96. The number of nitrogens with one attached hydrogen (secondary N) is 1. The molecule has 1 aliphatic rings. The molecule has 0 bridgehead atoms. The highest BCUT2D eigenvalue weighted by atomic mass is 79.9. The molecule has 6 rings (SSSR count). The Morgan fingerprint density at radius 1 is 0.952 bits per heavy atom. The molecule has 0 unspecified atom stereocenters. The average Bonchev–Trinajstić information content (AvgIpc) is 3.49. The van der Waals surface area contributed by atoms with Gasteiger partial charge in [-0.15, -0.1) is 0 Å². The molecule has 0 aliphatic carbocycles. The summed E-state index contributed by atoms with van der Waals surface area (Å²) in [4.78, 5) is 19.4. The third kappa shape index (κ3) is 5.33. The highest BCUT2D eigenvalue weighted by Crippen LogP contribution is 2.44. The van der Waals surface area contributed by atoms with Crippen LogP contribution in [0.5, 0.6) is 0 Å². The number of rotatable bonds is 7. The first-order valence-corrected chi connectivity index (χ1v) is 15.3. The Bertz CT molecular complexity index is 1780. The molecule has 0 saturated carbocycles. The average molecular weight is 657 g/mol. The van der Waals surface area contributed by atoms with Crippen molar-refractivity contribution in [3.63, 3.8) is 0 Å². The Kier molecular flexibility index (Phi) is 7.85. The van der Waals surface area contributed by atoms with E-state index in [1.165, 1.54) is 12.1 Å². The van der Waals surface area contributed by atoms with Gasteiger partial charge in [-0.2, -0.15) is 0 Å². The molecule has 210 valence electrons. The van der Waals surface area contributed by atoms with Gasteiger partial charge in [-0.25, -0.2) is 0 Å². The van der Waals surface area contributed by atoms with Crippen molar-refractivity contribution in [1.82, 2.24) is 14.9 Å². The van der Waals surface area contributed by atoms with Gasteiger partial charge in [-0.05, 0) is 114 Å². The van der Waals surface area contributed by atoms with Gasteiger partial charge in [0, 0.05) is 49.7 Å². The first kappa shape index (κ1) is 28.1. The number of nitro groups is 1. The summed E-state index contributed by atoms with van der Waals surface area (Å²) < 4.78 is 3.30. The highest BCUT2D eigenvalue weighted by Gasteiger charge is 2.42. The van der Waals surface area contributed by atoms with Gasteiger partial charge < -0.3 is 14.8 Å². The molecule has 10 heteroatoms. The second-order valence-electron chi connectivity index (χ2n) is 9.96. The summed E-state index contributed by atoms with van der Waals surface area (Å²) in [6.45, 7) is 4.28. The van der Waals surface area contributed by atoms with Gasteiger partial charge in [0.1, 0.15) is 0 Å². The fourth-order valence-electron chi connectivity index (χ4n) is 5.49. The molecule has 0 amide bonds. The number of nitrogens with zero attached hydrogens (tertiary/aromatic N) is 4. The number of benzene rings is 3. The SMILES string of the molecule is Cc1cc([C@H]2[C@@H](c3ccccn3)NC(=S)N2c2ccc(Sc3ccc([N+](=O)[O-])cc3)cc2)c(C)n1-c1ccccc1Br. The molecular formula is C32H26BrN5O2S2. The first-order chi connectivity index (χ1) is 20.3. The molecule has 1 N–H and O–H groups in total. The van der Waals surface area contributed by atoms with Gasteiger partial charge in [0.25, 0.3) is 5.69 Å². The molecule has 42 heavy (non-hydrogen) atoms. The van der Waals surface area contributed by atoms with Crippen LogP contribution in [0.15, 0.2) is 118 Å². The minimum Gasteiger partial charge on any atom is -0.351 e. The number of non-ortho nitro benzene ring substituents is 1. The quantitative estimate of drug-likeness (QED) is 0.107. The number of para-hydroxylation sites is 1. The molecule has 2 aromatic heterocycles. The van der Waals surface area contributed by atoms with Crippen molar-refractivity contribution < 1.29 is 4.92 Å². The van der Waals surface area contributed by atoms with Crippen molar-refractivity contribution >= 4 is 56.4 Å². The molecule has 5 aromatic rings. The topological polar surface area (TPSA) is 76.2 Å². The van der Waals surface area contributed by atoms with Crippen molar-refractivity contribution in [2.75, 3.05) is 4.90 Å². The zero-order chi connectivity index (χ0) is 29.4. The number of nitro benzene ring substituents is 1. The van der Waals surface area contributed by atoms with E-state index in [0.29, 0.717) is 5.11 Å². The summed E-state index contributed by atoms with van der Waals surface area (Å²) >= 11 is 11.2. The van der Waals surface area contributed by atoms with Gasteiger partial charge in [0.05, 0.1) is 28.4 Å². The van der Waals surface area contributed by atoms with Crippen LogP contribution in [0.3, 0.4) is 0 Å². The van der Waals surface area contributed by atoms with Crippen molar-refractivity contribution in [3.8, 4) is 5.69 Å². The second-order valence-corrected chi connectivity index (χ2v) is 12.3. The summed E-state index contributed by atoms with van der Waals surface area (Å²) in [6.07, 6.45) is 1.81. The van der Waals surface area contributed by atoms with E-state index in [-0.39, 0.29) is 22.7 Å². The number of hydrogen-bond donors (Lipinski definition) is 1. The van der Waals surface area contributed by atoms with Crippen LogP contribution in [-0.4, -0.2) is 19.6 Å². The monoisotopic (exact) mass is 655 g/mol. The smallest absolute Gasteiger partial charge is 0.269 e. The van der Waals surface area contributed by atoms with Gasteiger partial charge in [0.15, 0.2) is 5.11 Å². The van der Waals surface area contributed by atoms with Crippen LogP contribution in [0.25, 0.3) is 5.69 Å². The number of hydrogen-bond acceptors (Lipinski definition) is 5. The second kappa shape index (κ2) is 11.7. The minimum absolute atomic E-state index is 0.0808. The predicted octanol–water partition coefficient (Wildman–Crippen LogP) is 8.49. The third-order valence-electron chi connectivity index (χ3n) is 7.38. The molecule has 0 radical (unpaired) electrons. The third-order valence-corrected chi connectivity index (χ3v) is 9.38. The maximum absolute atomic E-state index is 11.0. The maximum atomic E-state index is 11.0. The van der Waals surface area contributed by atoms with Gasteiger partial charge in [0.2, 0.25) is 0 Å². The number of halogens is 1. The molecule has 0 spiro atoms. The van der Waals surface area contributed by atoms with E-state index in [2.05, 4.69) is 87.0 Å². The van der Waals surface area contributed by atoms with Gasteiger partial charge in [-0.1, -0.05) is 30.0 Å². The largest absolute Gasteiger partial charge is 0.351 e. The summed E-state index contributed by atoms with van der Waals surface area (Å²) in [6, 6.07) is 31.0. The van der Waals surface area contributed by atoms with Gasteiger partial charge >= 0.3 is 0 Å². The number of anilines is 1. The summed E-state index contributed by atoms with van der Waals surface area (Å²) in [7, 11) is 0. The van der Waals surface area contributed by atoms with Crippen LogP contribution in [-0.2, 0) is 0 Å². The van der Waals surface area contributed by atoms with E-state index >= 15 is 0 Å². The Morgan fingerprint density at radius 3 is 2.26 bits per heavy atom. The van der Waals surface area contributed by atoms with Crippen molar-refractivity contribution in [3.05, 3.63) is 140 Å². The van der Waals surface area contributed by atoms with E-state index in [0.717, 1.165) is 48.3 Å².